The van der Waals surface area contributed by atoms with Crippen molar-refractivity contribution in [1.82, 2.24) is 9.88 Å². The molecule has 2 aromatic rings. The molecule has 23 heavy (non-hydrogen) atoms. The zero-order valence-electron chi connectivity index (χ0n) is 13.4. The molecule has 3 rings (SSSR count). The van der Waals surface area contributed by atoms with Crippen LogP contribution in [0.15, 0.2) is 54.7 Å². The maximum absolute atomic E-state index is 5.97. The molecule has 1 aliphatic heterocycles. The number of aromatic nitrogens is 1. The number of hydrogen-bond donors (Lipinski definition) is 0. The van der Waals surface area contributed by atoms with E-state index in [1.165, 1.54) is 0 Å². The highest BCUT2D eigenvalue weighted by atomic mass is 16.5. The van der Waals surface area contributed by atoms with Gasteiger partial charge in [0, 0.05) is 25.8 Å². The van der Waals surface area contributed by atoms with E-state index in [1.54, 1.807) is 0 Å². The monoisotopic (exact) mass is 312 g/mol. The zero-order chi connectivity index (χ0) is 15.7. The summed E-state index contributed by atoms with van der Waals surface area (Å²) in [6, 6.07) is 15.9. The van der Waals surface area contributed by atoms with Gasteiger partial charge in [0.25, 0.3) is 0 Å². The van der Waals surface area contributed by atoms with Crippen LogP contribution in [-0.4, -0.2) is 42.2 Å². The molecule has 0 radical (unpaired) electrons. The quantitative estimate of drug-likeness (QED) is 0.787. The first-order valence-corrected chi connectivity index (χ1v) is 8.32. The molecular formula is C19H24N2O2. The summed E-state index contributed by atoms with van der Waals surface area (Å²) in [7, 11) is 0. The zero-order valence-corrected chi connectivity index (χ0v) is 13.4. The Morgan fingerprint density at radius 2 is 1.78 bits per heavy atom. The minimum atomic E-state index is 0.350. The van der Waals surface area contributed by atoms with Crippen molar-refractivity contribution < 1.29 is 9.47 Å². The topological polar surface area (TPSA) is 34.6 Å². The summed E-state index contributed by atoms with van der Waals surface area (Å²) >= 11 is 0. The van der Waals surface area contributed by atoms with E-state index >= 15 is 0 Å². The summed E-state index contributed by atoms with van der Waals surface area (Å²) < 4.78 is 11.7. The van der Waals surface area contributed by atoms with Crippen molar-refractivity contribution in [1.29, 1.82) is 0 Å². The molecule has 1 saturated heterocycles. The van der Waals surface area contributed by atoms with E-state index in [-0.39, 0.29) is 0 Å². The van der Waals surface area contributed by atoms with Gasteiger partial charge in [0.15, 0.2) is 0 Å². The van der Waals surface area contributed by atoms with E-state index in [0.29, 0.717) is 12.7 Å². The Balaban J connectivity index is 1.31. The number of likely N-dealkylation sites (tertiary alicyclic amines) is 1. The van der Waals surface area contributed by atoms with Gasteiger partial charge >= 0.3 is 0 Å². The number of rotatable bonds is 7. The maximum Gasteiger partial charge on any atom is 0.119 e. The average Bonchev–Trinajstić information content (AvgIpc) is 2.63. The summed E-state index contributed by atoms with van der Waals surface area (Å²) in [5.74, 6) is 0.945. The predicted octanol–water partition coefficient (Wildman–Crippen LogP) is 3.14. The van der Waals surface area contributed by atoms with Gasteiger partial charge in [-0.2, -0.15) is 0 Å². The van der Waals surface area contributed by atoms with E-state index in [1.807, 2.05) is 54.7 Å². The lowest BCUT2D eigenvalue weighted by Crippen LogP contribution is -2.39. The summed E-state index contributed by atoms with van der Waals surface area (Å²) in [4.78, 5) is 6.74. The van der Waals surface area contributed by atoms with Crippen molar-refractivity contribution >= 4 is 0 Å². The second-order valence-corrected chi connectivity index (χ2v) is 5.83. The fourth-order valence-corrected chi connectivity index (χ4v) is 2.80. The van der Waals surface area contributed by atoms with E-state index in [9.17, 15) is 0 Å². The van der Waals surface area contributed by atoms with Crippen LogP contribution in [0.25, 0.3) is 0 Å². The smallest absolute Gasteiger partial charge is 0.119 e. The second-order valence-electron chi connectivity index (χ2n) is 5.83. The Morgan fingerprint density at radius 1 is 1.00 bits per heavy atom. The van der Waals surface area contributed by atoms with Crippen molar-refractivity contribution in [3.63, 3.8) is 0 Å². The van der Waals surface area contributed by atoms with Gasteiger partial charge in [-0.1, -0.05) is 24.3 Å². The largest absolute Gasteiger partial charge is 0.492 e. The van der Waals surface area contributed by atoms with Crippen molar-refractivity contribution in [2.75, 3.05) is 26.2 Å². The standard InChI is InChI=1S/C19H24N2O2/c1-2-7-18(8-3-1)22-15-14-21-12-9-19(10-13-21)23-16-17-6-4-5-11-20-17/h1-8,11,19H,9-10,12-16H2. The Labute approximate surface area is 138 Å². The normalized spacial score (nSPS) is 16.3. The third-order valence-corrected chi connectivity index (χ3v) is 4.15. The summed E-state index contributed by atoms with van der Waals surface area (Å²) in [5, 5.41) is 0. The molecule has 4 heteroatoms. The molecule has 0 unspecified atom stereocenters. The van der Waals surface area contributed by atoms with Gasteiger partial charge in [-0.25, -0.2) is 0 Å². The molecule has 2 heterocycles. The lowest BCUT2D eigenvalue weighted by atomic mass is 10.1. The molecule has 0 atom stereocenters. The SMILES string of the molecule is c1ccc(OCCN2CCC(OCc3ccccn3)CC2)cc1. The number of benzene rings is 1. The van der Waals surface area contributed by atoms with Crippen molar-refractivity contribution in [2.24, 2.45) is 0 Å². The van der Waals surface area contributed by atoms with E-state index in [2.05, 4.69) is 9.88 Å². The van der Waals surface area contributed by atoms with Crippen molar-refractivity contribution in [2.45, 2.75) is 25.6 Å². The van der Waals surface area contributed by atoms with Gasteiger partial charge in [-0.15, -0.1) is 0 Å². The molecular weight excluding hydrogens is 288 g/mol. The molecule has 1 aromatic carbocycles. The molecule has 0 spiro atoms. The van der Waals surface area contributed by atoms with Gasteiger partial charge in [0.2, 0.25) is 0 Å². The van der Waals surface area contributed by atoms with E-state index in [4.69, 9.17) is 9.47 Å². The fourth-order valence-electron chi connectivity index (χ4n) is 2.80. The molecule has 1 aliphatic rings. The van der Waals surface area contributed by atoms with Crippen molar-refractivity contribution in [3.8, 4) is 5.75 Å². The Hall–Kier alpha value is -1.91. The number of para-hydroxylation sites is 1. The first kappa shape index (κ1) is 16.0. The molecule has 0 saturated carbocycles. The third kappa shape index (κ3) is 5.34. The minimum absolute atomic E-state index is 0.350. The number of piperidine rings is 1. The minimum Gasteiger partial charge on any atom is -0.492 e. The van der Waals surface area contributed by atoms with Crippen LogP contribution in [0.5, 0.6) is 5.75 Å². The highest BCUT2D eigenvalue weighted by Gasteiger charge is 2.19. The summed E-state index contributed by atoms with van der Waals surface area (Å²) in [5.41, 5.74) is 1.01. The fraction of sp³-hybridized carbons (Fsp3) is 0.421. The Kier molecular flexibility index (Phi) is 6.01. The average molecular weight is 312 g/mol. The second kappa shape index (κ2) is 8.65. The van der Waals surface area contributed by atoms with Gasteiger partial charge in [0.05, 0.1) is 18.4 Å². The molecule has 0 amide bonds. The van der Waals surface area contributed by atoms with Gasteiger partial charge in [-0.05, 0) is 37.1 Å². The molecule has 0 N–H and O–H groups in total. The molecule has 1 fully saturated rings. The number of hydrogen-bond acceptors (Lipinski definition) is 4. The summed E-state index contributed by atoms with van der Waals surface area (Å²) in [6.45, 7) is 4.48. The maximum atomic E-state index is 5.97. The number of pyridine rings is 1. The van der Waals surface area contributed by atoms with Crippen LogP contribution in [0.1, 0.15) is 18.5 Å². The van der Waals surface area contributed by atoms with Crippen LogP contribution < -0.4 is 4.74 Å². The van der Waals surface area contributed by atoms with Gasteiger partial charge in [0.1, 0.15) is 12.4 Å². The number of ether oxygens (including phenoxy) is 2. The lowest BCUT2D eigenvalue weighted by molar-refractivity contribution is -0.00552. The van der Waals surface area contributed by atoms with Crippen molar-refractivity contribution in [3.05, 3.63) is 60.4 Å². The molecule has 0 bridgehead atoms. The van der Waals surface area contributed by atoms with Gasteiger partial charge < -0.3 is 9.47 Å². The third-order valence-electron chi connectivity index (χ3n) is 4.15. The van der Waals surface area contributed by atoms with Crippen LogP contribution >= 0.6 is 0 Å². The number of nitrogens with zero attached hydrogens (tertiary/aromatic N) is 2. The van der Waals surface area contributed by atoms with Crippen LogP contribution in [0.2, 0.25) is 0 Å². The molecule has 1 aromatic heterocycles. The first-order valence-electron chi connectivity index (χ1n) is 8.32. The Bertz CT molecular complexity index is 554. The molecule has 0 aliphatic carbocycles. The van der Waals surface area contributed by atoms with Crippen LogP contribution in [0.3, 0.4) is 0 Å². The lowest BCUT2D eigenvalue weighted by Gasteiger charge is -2.31. The van der Waals surface area contributed by atoms with Gasteiger partial charge in [-0.3, -0.25) is 9.88 Å². The van der Waals surface area contributed by atoms with Crippen LogP contribution in [0, 0.1) is 0 Å². The summed E-state index contributed by atoms with van der Waals surface area (Å²) in [6.07, 6.45) is 4.33. The van der Waals surface area contributed by atoms with E-state index < -0.39 is 0 Å². The van der Waals surface area contributed by atoms with Crippen LogP contribution in [0.4, 0.5) is 0 Å². The first-order chi connectivity index (χ1) is 11.4. The Morgan fingerprint density at radius 3 is 2.52 bits per heavy atom. The van der Waals surface area contributed by atoms with Crippen LogP contribution in [-0.2, 0) is 11.3 Å². The van der Waals surface area contributed by atoms with E-state index in [0.717, 1.165) is 50.5 Å². The highest BCUT2D eigenvalue weighted by Crippen LogP contribution is 2.15. The predicted molar refractivity (Wildman–Crippen MR) is 90.4 cm³/mol. The molecule has 122 valence electrons. The highest BCUT2D eigenvalue weighted by molar-refractivity contribution is 5.20. The molecule has 4 nitrogen and oxygen atoms in total.